The third kappa shape index (κ3) is 3.34. The molecule has 9 heteroatoms. The van der Waals surface area contributed by atoms with Gasteiger partial charge in [-0.05, 0) is 31.4 Å². The summed E-state index contributed by atoms with van der Waals surface area (Å²) in [7, 11) is 0. The van der Waals surface area contributed by atoms with Crippen LogP contribution in [0.25, 0.3) is 32.6 Å². The number of rotatable bonds is 8. The van der Waals surface area contributed by atoms with Crippen LogP contribution in [-0.2, 0) is 6.54 Å². The van der Waals surface area contributed by atoms with Gasteiger partial charge in [-0.2, -0.15) is 0 Å². The van der Waals surface area contributed by atoms with Gasteiger partial charge in [0.15, 0.2) is 11.6 Å². The fourth-order valence-electron chi connectivity index (χ4n) is 3.88. The van der Waals surface area contributed by atoms with Gasteiger partial charge in [-0.15, -0.1) is 0 Å². The van der Waals surface area contributed by atoms with Gasteiger partial charge in [0.1, 0.15) is 11.0 Å². The van der Waals surface area contributed by atoms with E-state index < -0.39 is 22.0 Å². The molecule has 0 aliphatic heterocycles. The van der Waals surface area contributed by atoms with Gasteiger partial charge in [-0.3, -0.25) is 23.7 Å². The summed E-state index contributed by atoms with van der Waals surface area (Å²) in [6, 6.07) is 2.71. The van der Waals surface area contributed by atoms with E-state index in [0.717, 1.165) is 17.4 Å². The molecule has 166 valence electrons. The minimum absolute atomic E-state index is 0.0507. The molecule has 0 saturated carbocycles. The molecule has 0 radical (unpaired) electrons. The molecule has 0 unspecified atom stereocenters. The Morgan fingerprint density at radius 1 is 0.688 bits per heavy atom. The van der Waals surface area contributed by atoms with Crippen molar-refractivity contribution in [3.8, 4) is 0 Å². The Morgan fingerprint density at radius 3 is 1.50 bits per heavy atom. The summed E-state index contributed by atoms with van der Waals surface area (Å²) >= 11 is 0. The highest BCUT2D eigenvalue weighted by atomic mass is 16.2. The molecule has 0 amide bonds. The van der Waals surface area contributed by atoms with Crippen LogP contribution in [0.3, 0.4) is 0 Å². The van der Waals surface area contributed by atoms with Crippen LogP contribution in [0, 0.1) is 0 Å². The Balaban J connectivity index is 2.08. The standard InChI is InChI=1S/C23H25N5O4/c1-4-7-24-20-21(25-8-5-2)27-17-16(26-20)18(29)12-10-14-15(11-13(12)19(17)30)23(32)28(9-6-3)22(14)31/h10-11H,4-9H2,1-3H3,(H,24,26)(H,25,27). The lowest BCUT2D eigenvalue weighted by Gasteiger charge is -2.12. The van der Waals surface area contributed by atoms with Crippen molar-refractivity contribution in [2.24, 2.45) is 0 Å². The molecule has 0 saturated heterocycles. The van der Waals surface area contributed by atoms with Crippen molar-refractivity contribution in [3.05, 3.63) is 53.3 Å². The van der Waals surface area contributed by atoms with Gasteiger partial charge in [0, 0.05) is 30.4 Å². The zero-order chi connectivity index (χ0) is 23.0. The Bertz CT molecular complexity index is 1440. The molecule has 9 nitrogen and oxygen atoms in total. The summed E-state index contributed by atoms with van der Waals surface area (Å²) in [5.41, 5.74) is -1.97. The Morgan fingerprint density at radius 2 is 1.12 bits per heavy atom. The average molecular weight is 435 g/mol. The molecular formula is C23H25N5O4. The van der Waals surface area contributed by atoms with Crippen LogP contribution in [0.4, 0.5) is 11.6 Å². The molecule has 0 atom stereocenters. The number of fused-ring (bicyclic) bond motifs is 3. The predicted octanol–water partition coefficient (Wildman–Crippen LogP) is 2.11. The van der Waals surface area contributed by atoms with Gasteiger partial charge in [0.2, 0.25) is 10.9 Å². The van der Waals surface area contributed by atoms with Crippen LogP contribution in [0.15, 0.2) is 31.3 Å². The van der Waals surface area contributed by atoms with E-state index in [1.165, 1.54) is 12.1 Å². The number of hydrogen-bond donors (Lipinski definition) is 2. The van der Waals surface area contributed by atoms with Crippen molar-refractivity contribution in [2.45, 2.75) is 46.6 Å². The van der Waals surface area contributed by atoms with Gasteiger partial charge in [0.25, 0.3) is 11.1 Å². The molecule has 0 aliphatic rings. The molecule has 2 aromatic heterocycles. The summed E-state index contributed by atoms with van der Waals surface area (Å²) in [6.07, 6.45) is 2.31. The lowest BCUT2D eigenvalue weighted by Crippen LogP contribution is -2.25. The molecule has 0 bridgehead atoms. The van der Waals surface area contributed by atoms with Crippen LogP contribution in [-0.4, -0.2) is 27.6 Å². The van der Waals surface area contributed by atoms with E-state index in [0.29, 0.717) is 31.1 Å². The number of aromatic nitrogens is 3. The maximum absolute atomic E-state index is 13.3. The van der Waals surface area contributed by atoms with E-state index in [9.17, 15) is 19.2 Å². The Labute approximate surface area is 182 Å². The molecule has 2 heterocycles. The molecular weight excluding hydrogens is 410 g/mol. The summed E-state index contributed by atoms with van der Waals surface area (Å²) in [4.78, 5) is 60.8. The third-order valence-electron chi connectivity index (χ3n) is 5.46. The van der Waals surface area contributed by atoms with E-state index in [-0.39, 0.29) is 39.1 Å². The summed E-state index contributed by atoms with van der Waals surface area (Å²) < 4.78 is 1.15. The molecule has 0 aliphatic carbocycles. The van der Waals surface area contributed by atoms with Gasteiger partial charge >= 0.3 is 0 Å². The van der Waals surface area contributed by atoms with Gasteiger partial charge < -0.3 is 10.6 Å². The van der Waals surface area contributed by atoms with Crippen molar-refractivity contribution >= 4 is 44.2 Å². The first-order chi connectivity index (χ1) is 15.4. The van der Waals surface area contributed by atoms with Crippen molar-refractivity contribution in [1.82, 2.24) is 14.5 Å². The van der Waals surface area contributed by atoms with Crippen molar-refractivity contribution in [1.29, 1.82) is 0 Å². The minimum Gasteiger partial charge on any atom is -0.367 e. The second kappa shape index (κ2) is 8.49. The van der Waals surface area contributed by atoms with Crippen LogP contribution >= 0.6 is 0 Å². The smallest absolute Gasteiger partial charge is 0.261 e. The molecule has 4 rings (SSSR count). The van der Waals surface area contributed by atoms with Crippen LogP contribution in [0.5, 0.6) is 0 Å². The van der Waals surface area contributed by atoms with E-state index in [1.807, 2.05) is 20.8 Å². The van der Waals surface area contributed by atoms with E-state index in [1.54, 1.807) is 0 Å². The van der Waals surface area contributed by atoms with Crippen LogP contribution in [0.1, 0.15) is 40.0 Å². The maximum atomic E-state index is 13.3. The molecule has 0 spiro atoms. The number of anilines is 2. The lowest BCUT2D eigenvalue weighted by atomic mass is 10.0. The van der Waals surface area contributed by atoms with E-state index in [2.05, 4.69) is 20.6 Å². The summed E-state index contributed by atoms with van der Waals surface area (Å²) in [6.45, 7) is 7.41. The van der Waals surface area contributed by atoms with Gasteiger partial charge in [-0.1, -0.05) is 20.8 Å². The largest absolute Gasteiger partial charge is 0.367 e. The first kappa shape index (κ1) is 21.6. The van der Waals surface area contributed by atoms with Crippen LogP contribution in [0.2, 0.25) is 0 Å². The maximum Gasteiger partial charge on any atom is 0.261 e. The lowest BCUT2D eigenvalue weighted by molar-refractivity contribution is 0.650. The third-order valence-corrected chi connectivity index (χ3v) is 5.46. The SMILES string of the molecule is CCCNc1nc2c(=O)c3cc4c(=O)n(CCC)c(=O)c4cc3c(=O)c2nc1NCCC. The fraction of sp³-hybridized carbons (Fsp3) is 0.391. The molecule has 2 N–H and O–H groups in total. The highest BCUT2D eigenvalue weighted by Crippen LogP contribution is 2.22. The van der Waals surface area contributed by atoms with Crippen molar-refractivity contribution < 1.29 is 0 Å². The zero-order valence-corrected chi connectivity index (χ0v) is 18.4. The number of hydrogen-bond acceptors (Lipinski definition) is 8. The monoisotopic (exact) mass is 435 g/mol. The Hall–Kier alpha value is -3.62. The van der Waals surface area contributed by atoms with Gasteiger partial charge in [-0.25, -0.2) is 9.97 Å². The minimum atomic E-state index is -0.485. The number of nitrogens with zero attached hydrogens (tertiary/aromatic N) is 3. The first-order valence-corrected chi connectivity index (χ1v) is 11.0. The molecule has 2 aromatic carbocycles. The van der Waals surface area contributed by atoms with Gasteiger partial charge in [0.05, 0.1) is 10.8 Å². The Kier molecular flexibility index (Phi) is 5.73. The molecule has 0 fully saturated rings. The summed E-state index contributed by atoms with van der Waals surface area (Å²) in [5, 5.41) is 6.74. The fourth-order valence-corrected chi connectivity index (χ4v) is 3.88. The highest BCUT2D eigenvalue weighted by molar-refractivity contribution is 6.03. The highest BCUT2D eigenvalue weighted by Gasteiger charge is 2.20. The van der Waals surface area contributed by atoms with E-state index >= 15 is 0 Å². The predicted molar refractivity (Wildman–Crippen MR) is 128 cm³/mol. The summed E-state index contributed by atoms with van der Waals surface area (Å²) in [5.74, 6) is 0.815. The van der Waals surface area contributed by atoms with E-state index in [4.69, 9.17) is 0 Å². The normalized spacial score (nSPS) is 11.6. The number of benzene rings is 2. The molecule has 4 aromatic rings. The zero-order valence-electron chi connectivity index (χ0n) is 18.4. The number of nitrogens with one attached hydrogen (secondary N) is 2. The van der Waals surface area contributed by atoms with Crippen molar-refractivity contribution in [2.75, 3.05) is 23.7 Å². The topological polar surface area (TPSA) is 123 Å². The second-order valence-electron chi connectivity index (χ2n) is 7.84. The quantitative estimate of drug-likeness (QED) is 0.404. The van der Waals surface area contributed by atoms with Crippen LogP contribution < -0.4 is 32.6 Å². The second-order valence-corrected chi connectivity index (χ2v) is 7.84. The molecule has 32 heavy (non-hydrogen) atoms. The van der Waals surface area contributed by atoms with Crippen molar-refractivity contribution in [3.63, 3.8) is 0 Å². The average Bonchev–Trinajstić information content (AvgIpc) is 3.03. The first-order valence-electron chi connectivity index (χ1n) is 11.0.